The van der Waals surface area contributed by atoms with Gasteiger partial charge in [0.2, 0.25) is 0 Å². The largest absolute Gasteiger partial charge is 0.329 e. The van der Waals surface area contributed by atoms with Crippen LogP contribution in [0.15, 0.2) is 30.3 Å². The van der Waals surface area contributed by atoms with Gasteiger partial charge in [0.1, 0.15) is 0 Å². The molecule has 0 saturated heterocycles. The zero-order chi connectivity index (χ0) is 14.6. The highest BCUT2D eigenvalue weighted by Crippen LogP contribution is 2.47. The first-order chi connectivity index (χ1) is 9.55. The maximum atomic E-state index is 6.30. The quantitative estimate of drug-likeness (QED) is 0.884. The van der Waals surface area contributed by atoms with Gasteiger partial charge in [0.15, 0.2) is 0 Å². The molecule has 1 atom stereocenters. The van der Waals surface area contributed by atoms with Crippen molar-refractivity contribution in [2.24, 2.45) is 11.1 Å². The predicted octanol–water partition coefficient (Wildman–Crippen LogP) is 3.81. The highest BCUT2D eigenvalue weighted by Gasteiger charge is 2.48. The van der Waals surface area contributed by atoms with Crippen LogP contribution in [0.3, 0.4) is 0 Å². The molecule has 2 rings (SSSR count). The first-order valence-electron chi connectivity index (χ1n) is 8.05. The summed E-state index contributed by atoms with van der Waals surface area (Å²) in [5.41, 5.74) is 8.14. The molecule has 20 heavy (non-hydrogen) atoms. The molecule has 1 aromatic rings. The number of hydrogen-bond acceptors (Lipinski definition) is 2. The maximum absolute atomic E-state index is 6.30. The average Bonchev–Trinajstić information content (AvgIpc) is 2.46. The normalized spacial score (nSPS) is 25.9. The van der Waals surface area contributed by atoms with Crippen LogP contribution in [0.2, 0.25) is 0 Å². The van der Waals surface area contributed by atoms with Crippen molar-refractivity contribution in [3.8, 4) is 0 Å². The van der Waals surface area contributed by atoms with E-state index < -0.39 is 0 Å². The molecule has 1 saturated carbocycles. The van der Waals surface area contributed by atoms with Gasteiger partial charge >= 0.3 is 0 Å². The fraction of sp³-hybridized carbons (Fsp3) is 0.667. The second kappa shape index (κ2) is 6.28. The lowest BCUT2D eigenvalue weighted by Crippen LogP contribution is -2.63. The van der Waals surface area contributed by atoms with E-state index in [1.54, 1.807) is 0 Å². The van der Waals surface area contributed by atoms with Crippen molar-refractivity contribution in [1.82, 2.24) is 4.90 Å². The standard InChI is InChI=1S/C18H30N2/c1-4-20(14-16-10-6-5-7-11-16)18(15-19)13-9-8-12-17(18,2)3/h5-7,10-11H,4,8-9,12-15,19H2,1-3H3. The van der Waals surface area contributed by atoms with Crippen LogP contribution in [-0.2, 0) is 6.54 Å². The van der Waals surface area contributed by atoms with Gasteiger partial charge in [-0.05, 0) is 30.4 Å². The Labute approximate surface area is 124 Å². The van der Waals surface area contributed by atoms with Gasteiger partial charge < -0.3 is 5.73 Å². The van der Waals surface area contributed by atoms with Gasteiger partial charge in [0.25, 0.3) is 0 Å². The Balaban J connectivity index is 2.27. The van der Waals surface area contributed by atoms with Crippen LogP contribution in [0.4, 0.5) is 0 Å². The van der Waals surface area contributed by atoms with Crippen LogP contribution in [-0.4, -0.2) is 23.5 Å². The smallest absolute Gasteiger partial charge is 0.0385 e. The van der Waals surface area contributed by atoms with E-state index in [2.05, 4.69) is 56.0 Å². The molecule has 0 heterocycles. The monoisotopic (exact) mass is 274 g/mol. The predicted molar refractivity (Wildman–Crippen MR) is 86.6 cm³/mol. The molecule has 0 aromatic heterocycles. The van der Waals surface area contributed by atoms with Crippen molar-refractivity contribution in [1.29, 1.82) is 0 Å². The molecular weight excluding hydrogens is 244 g/mol. The average molecular weight is 274 g/mol. The molecule has 2 N–H and O–H groups in total. The van der Waals surface area contributed by atoms with E-state index in [0.29, 0.717) is 5.41 Å². The second-order valence-electron chi connectivity index (χ2n) is 6.83. The summed E-state index contributed by atoms with van der Waals surface area (Å²) in [4.78, 5) is 2.63. The summed E-state index contributed by atoms with van der Waals surface area (Å²) >= 11 is 0. The van der Waals surface area contributed by atoms with E-state index in [1.807, 2.05) is 0 Å². The Bertz CT molecular complexity index is 413. The molecule has 1 unspecified atom stereocenters. The summed E-state index contributed by atoms with van der Waals surface area (Å²) < 4.78 is 0. The third-order valence-corrected chi connectivity index (χ3v) is 5.44. The molecule has 1 aliphatic carbocycles. The number of benzene rings is 1. The number of nitrogens with two attached hydrogens (primary N) is 1. The summed E-state index contributed by atoms with van der Waals surface area (Å²) in [6.07, 6.45) is 5.18. The lowest BCUT2D eigenvalue weighted by molar-refractivity contribution is -0.0464. The minimum absolute atomic E-state index is 0.149. The number of likely N-dealkylation sites (N-methyl/N-ethyl adjacent to an activating group) is 1. The Morgan fingerprint density at radius 1 is 1.10 bits per heavy atom. The molecular formula is C18H30N2. The molecule has 2 nitrogen and oxygen atoms in total. The molecule has 1 fully saturated rings. The fourth-order valence-corrected chi connectivity index (χ4v) is 4.02. The highest BCUT2D eigenvalue weighted by atomic mass is 15.2. The minimum atomic E-state index is 0.149. The van der Waals surface area contributed by atoms with Gasteiger partial charge in [0, 0.05) is 18.6 Å². The summed E-state index contributed by atoms with van der Waals surface area (Å²) in [7, 11) is 0. The van der Waals surface area contributed by atoms with E-state index >= 15 is 0 Å². The van der Waals surface area contributed by atoms with Crippen molar-refractivity contribution in [2.45, 2.75) is 58.5 Å². The minimum Gasteiger partial charge on any atom is -0.329 e. The van der Waals surface area contributed by atoms with Crippen molar-refractivity contribution in [2.75, 3.05) is 13.1 Å². The Kier molecular flexibility index (Phi) is 4.87. The Morgan fingerprint density at radius 3 is 2.30 bits per heavy atom. The lowest BCUT2D eigenvalue weighted by Gasteiger charge is -2.56. The van der Waals surface area contributed by atoms with Gasteiger partial charge in [-0.15, -0.1) is 0 Å². The number of hydrogen-bond donors (Lipinski definition) is 1. The van der Waals surface area contributed by atoms with E-state index in [4.69, 9.17) is 5.73 Å². The van der Waals surface area contributed by atoms with E-state index in [0.717, 1.165) is 19.6 Å². The van der Waals surface area contributed by atoms with Crippen LogP contribution < -0.4 is 5.73 Å². The first kappa shape index (κ1) is 15.5. The molecule has 112 valence electrons. The van der Waals surface area contributed by atoms with Crippen LogP contribution in [0.5, 0.6) is 0 Å². The van der Waals surface area contributed by atoms with Gasteiger partial charge in [-0.25, -0.2) is 0 Å². The zero-order valence-electron chi connectivity index (χ0n) is 13.4. The second-order valence-corrected chi connectivity index (χ2v) is 6.83. The molecule has 0 spiro atoms. The number of rotatable bonds is 5. The van der Waals surface area contributed by atoms with E-state index in [9.17, 15) is 0 Å². The van der Waals surface area contributed by atoms with Gasteiger partial charge in [-0.2, -0.15) is 0 Å². The van der Waals surface area contributed by atoms with Crippen molar-refractivity contribution < 1.29 is 0 Å². The van der Waals surface area contributed by atoms with E-state index in [1.165, 1.54) is 31.2 Å². The third kappa shape index (κ3) is 2.77. The summed E-state index contributed by atoms with van der Waals surface area (Å²) in [6.45, 7) is 9.93. The lowest BCUT2D eigenvalue weighted by atomic mass is 9.62. The summed E-state index contributed by atoms with van der Waals surface area (Å²) in [5, 5.41) is 0. The molecule has 2 heteroatoms. The highest BCUT2D eigenvalue weighted by molar-refractivity contribution is 5.16. The van der Waals surface area contributed by atoms with Crippen molar-refractivity contribution in [3.05, 3.63) is 35.9 Å². The summed E-state index contributed by atoms with van der Waals surface area (Å²) in [6, 6.07) is 10.8. The topological polar surface area (TPSA) is 29.3 Å². The van der Waals surface area contributed by atoms with Gasteiger partial charge in [0.05, 0.1) is 0 Å². The summed E-state index contributed by atoms with van der Waals surface area (Å²) in [5.74, 6) is 0. The van der Waals surface area contributed by atoms with Gasteiger partial charge in [-0.3, -0.25) is 4.90 Å². The first-order valence-corrected chi connectivity index (χ1v) is 8.05. The maximum Gasteiger partial charge on any atom is 0.0385 e. The number of nitrogens with zero attached hydrogens (tertiary/aromatic N) is 1. The van der Waals surface area contributed by atoms with Gasteiger partial charge in [-0.1, -0.05) is 63.9 Å². The Hall–Kier alpha value is -0.860. The van der Waals surface area contributed by atoms with Crippen LogP contribution in [0.1, 0.15) is 52.0 Å². The van der Waals surface area contributed by atoms with Crippen LogP contribution >= 0.6 is 0 Å². The molecule has 0 aliphatic heterocycles. The Morgan fingerprint density at radius 2 is 1.75 bits per heavy atom. The fourth-order valence-electron chi connectivity index (χ4n) is 4.02. The molecule has 1 aromatic carbocycles. The van der Waals surface area contributed by atoms with Crippen molar-refractivity contribution >= 4 is 0 Å². The van der Waals surface area contributed by atoms with E-state index in [-0.39, 0.29) is 5.54 Å². The third-order valence-electron chi connectivity index (χ3n) is 5.44. The van der Waals surface area contributed by atoms with Crippen molar-refractivity contribution in [3.63, 3.8) is 0 Å². The zero-order valence-corrected chi connectivity index (χ0v) is 13.4. The van der Waals surface area contributed by atoms with Crippen LogP contribution in [0, 0.1) is 5.41 Å². The SMILES string of the molecule is CCN(Cc1ccccc1)C1(CN)CCCCC1(C)C. The molecule has 0 bridgehead atoms. The molecule has 0 radical (unpaired) electrons. The molecule has 0 amide bonds. The molecule has 1 aliphatic rings. The van der Waals surface area contributed by atoms with Crippen LogP contribution in [0.25, 0.3) is 0 Å².